The Kier molecular flexibility index (Phi) is 12.2. The molecule has 8 nitrogen and oxygen atoms in total. The molecule has 0 fully saturated rings. The van der Waals surface area contributed by atoms with Gasteiger partial charge in [-0.2, -0.15) is 12.6 Å². The zero-order valence-corrected chi connectivity index (χ0v) is 25.9. The summed E-state index contributed by atoms with van der Waals surface area (Å²) in [5, 5.41) is 15.4. The second kappa shape index (κ2) is 16.5. The minimum Gasteiger partial charge on any atom is -0.478 e. The first-order chi connectivity index (χ1) is 21.4. The second-order valence-corrected chi connectivity index (χ2v) is 11.3. The highest BCUT2D eigenvalue weighted by Gasteiger charge is 2.23. The van der Waals surface area contributed by atoms with Gasteiger partial charge in [-0.25, -0.2) is 9.78 Å². The summed E-state index contributed by atoms with van der Waals surface area (Å²) in [6, 6.07) is 25.9. The van der Waals surface area contributed by atoms with Crippen molar-refractivity contribution in [2.75, 3.05) is 12.3 Å². The fourth-order valence-electron chi connectivity index (χ4n) is 5.12. The molecule has 3 N–H and O–H groups in total. The Morgan fingerprint density at radius 1 is 0.932 bits per heavy atom. The third-order valence-electron chi connectivity index (χ3n) is 7.60. The predicted molar refractivity (Wildman–Crippen MR) is 175 cm³/mol. The van der Waals surface area contributed by atoms with Crippen molar-refractivity contribution in [3.8, 4) is 0 Å². The molecule has 1 heterocycles. The van der Waals surface area contributed by atoms with Crippen molar-refractivity contribution in [1.82, 2.24) is 20.2 Å². The smallest absolute Gasteiger partial charge is 0.335 e. The number of benzene rings is 3. The number of nitrogens with one attached hydrogen (secondary N) is 2. The van der Waals surface area contributed by atoms with E-state index < -0.39 is 12.0 Å². The number of hydrogen-bond donors (Lipinski definition) is 4. The molecule has 0 saturated carbocycles. The van der Waals surface area contributed by atoms with E-state index >= 15 is 0 Å². The second-order valence-electron chi connectivity index (χ2n) is 10.9. The van der Waals surface area contributed by atoms with E-state index in [4.69, 9.17) is 0 Å². The molecule has 4 rings (SSSR count). The van der Waals surface area contributed by atoms with Crippen LogP contribution in [0.4, 0.5) is 0 Å². The number of thiol groups is 1. The van der Waals surface area contributed by atoms with Crippen LogP contribution in [0, 0.1) is 0 Å². The fraction of sp³-hybridized carbons (Fsp3) is 0.314. The number of hydrogen-bond acceptors (Lipinski definition) is 5. The molecule has 44 heavy (non-hydrogen) atoms. The van der Waals surface area contributed by atoms with Gasteiger partial charge in [0.05, 0.1) is 11.8 Å². The molecule has 0 spiro atoms. The van der Waals surface area contributed by atoms with E-state index in [1.807, 2.05) is 65.2 Å². The minimum absolute atomic E-state index is 0.0751. The lowest BCUT2D eigenvalue weighted by Crippen LogP contribution is -2.42. The van der Waals surface area contributed by atoms with Crippen molar-refractivity contribution >= 4 is 30.4 Å². The van der Waals surface area contributed by atoms with E-state index in [2.05, 4.69) is 35.2 Å². The van der Waals surface area contributed by atoms with E-state index in [-0.39, 0.29) is 29.7 Å². The Balaban J connectivity index is 1.51. The number of carbonyl (C=O) groups is 3. The molecule has 9 heteroatoms. The first-order valence-electron chi connectivity index (χ1n) is 15.0. The van der Waals surface area contributed by atoms with Gasteiger partial charge >= 0.3 is 5.97 Å². The zero-order valence-electron chi connectivity index (χ0n) is 25.0. The van der Waals surface area contributed by atoms with Crippen LogP contribution in [0.3, 0.4) is 0 Å². The maximum absolute atomic E-state index is 13.8. The molecule has 2 amide bonds. The number of amides is 2. The van der Waals surface area contributed by atoms with Crippen LogP contribution in [0.15, 0.2) is 91.1 Å². The fourth-order valence-corrected chi connectivity index (χ4v) is 5.46. The van der Waals surface area contributed by atoms with Crippen LogP contribution in [-0.2, 0) is 24.2 Å². The number of rotatable bonds is 16. The molecule has 4 aromatic rings. The zero-order chi connectivity index (χ0) is 31.3. The quantitative estimate of drug-likeness (QED) is 0.124. The summed E-state index contributed by atoms with van der Waals surface area (Å²) in [5.74, 6) is 0.00929. The summed E-state index contributed by atoms with van der Waals surface area (Å²) in [4.78, 5) is 42.8. The van der Waals surface area contributed by atoms with Crippen molar-refractivity contribution in [1.29, 1.82) is 0 Å². The molecule has 230 valence electrons. The largest absolute Gasteiger partial charge is 0.478 e. The summed E-state index contributed by atoms with van der Waals surface area (Å²) in [6.45, 7) is 2.92. The first-order valence-corrected chi connectivity index (χ1v) is 15.6. The molecule has 3 aromatic carbocycles. The molecule has 1 aromatic heterocycles. The standard InChI is InChI=1S/C35H40N4O4S/c1-2-3-14-32-36-22-31(39(32)23-26-15-17-28(18-16-26)35(42)43)34(41)38-30(19-25-10-6-4-7-11-25)20-33(40)37-21-29(24-44)27-12-8-5-9-13-27/h4-13,15-18,22,29-30,44H,2-3,14,19-21,23-24H2,1H3,(H,37,40)(H,38,41)(H,42,43)/t29-,30+/m1/s1. The average Bonchev–Trinajstić information content (AvgIpc) is 3.43. The Bertz CT molecular complexity index is 1510. The molecule has 0 radical (unpaired) electrons. The third-order valence-corrected chi connectivity index (χ3v) is 8.04. The van der Waals surface area contributed by atoms with Crippen LogP contribution in [0.25, 0.3) is 0 Å². The molecule has 0 bridgehead atoms. The number of imidazole rings is 1. The number of carbonyl (C=O) groups excluding carboxylic acids is 2. The van der Waals surface area contributed by atoms with Gasteiger partial charge in [0.2, 0.25) is 5.91 Å². The molecule has 0 aliphatic heterocycles. The average molecular weight is 613 g/mol. The van der Waals surface area contributed by atoms with Gasteiger partial charge in [-0.1, -0.05) is 86.1 Å². The summed E-state index contributed by atoms with van der Waals surface area (Å²) < 4.78 is 1.89. The highest BCUT2D eigenvalue weighted by Crippen LogP contribution is 2.17. The molecule has 0 unspecified atom stereocenters. The first kappa shape index (κ1) is 32.5. The topological polar surface area (TPSA) is 113 Å². The maximum Gasteiger partial charge on any atom is 0.335 e. The van der Waals surface area contributed by atoms with Gasteiger partial charge in [0.15, 0.2) is 0 Å². The normalized spacial score (nSPS) is 12.3. The minimum atomic E-state index is -0.988. The van der Waals surface area contributed by atoms with E-state index in [0.29, 0.717) is 37.4 Å². The van der Waals surface area contributed by atoms with Crippen molar-refractivity contribution in [3.05, 3.63) is 125 Å². The van der Waals surface area contributed by atoms with Gasteiger partial charge in [0.25, 0.3) is 5.91 Å². The summed E-state index contributed by atoms with van der Waals surface area (Å²) >= 11 is 4.49. The van der Waals surface area contributed by atoms with Crippen LogP contribution in [0.2, 0.25) is 0 Å². The number of unbranched alkanes of at least 4 members (excludes halogenated alkanes) is 1. The number of nitrogens with zero attached hydrogens (tertiary/aromatic N) is 2. The molecule has 0 aliphatic rings. The van der Waals surface area contributed by atoms with Crippen molar-refractivity contribution < 1.29 is 19.5 Å². The van der Waals surface area contributed by atoms with E-state index in [0.717, 1.165) is 35.4 Å². The monoisotopic (exact) mass is 612 g/mol. The van der Waals surface area contributed by atoms with Crippen molar-refractivity contribution in [2.24, 2.45) is 0 Å². The van der Waals surface area contributed by atoms with E-state index in [9.17, 15) is 19.5 Å². The van der Waals surface area contributed by atoms with Gasteiger partial charge in [-0.15, -0.1) is 0 Å². The van der Waals surface area contributed by atoms with Gasteiger partial charge in [-0.3, -0.25) is 9.59 Å². The number of carboxylic acid groups (broad SMARTS) is 1. The Morgan fingerprint density at radius 3 is 2.25 bits per heavy atom. The Morgan fingerprint density at radius 2 is 1.61 bits per heavy atom. The van der Waals surface area contributed by atoms with E-state index in [1.54, 1.807) is 30.5 Å². The highest BCUT2D eigenvalue weighted by molar-refractivity contribution is 7.80. The Hall–Kier alpha value is -4.37. The molecule has 2 atom stereocenters. The third kappa shape index (κ3) is 9.31. The van der Waals surface area contributed by atoms with Crippen LogP contribution < -0.4 is 10.6 Å². The molecular formula is C35H40N4O4S. The van der Waals surface area contributed by atoms with Crippen LogP contribution in [0.1, 0.15) is 75.5 Å². The van der Waals surface area contributed by atoms with Gasteiger partial charge in [0.1, 0.15) is 11.5 Å². The number of aromatic nitrogens is 2. The van der Waals surface area contributed by atoms with Crippen LogP contribution in [0.5, 0.6) is 0 Å². The lowest BCUT2D eigenvalue weighted by molar-refractivity contribution is -0.121. The summed E-state index contributed by atoms with van der Waals surface area (Å²) in [6.07, 6.45) is 4.80. The van der Waals surface area contributed by atoms with Gasteiger partial charge < -0.3 is 20.3 Å². The van der Waals surface area contributed by atoms with Crippen molar-refractivity contribution in [2.45, 2.75) is 57.5 Å². The van der Waals surface area contributed by atoms with E-state index in [1.165, 1.54) is 0 Å². The Labute approximate surface area is 264 Å². The maximum atomic E-state index is 13.8. The van der Waals surface area contributed by atoms with Gasteiger partial charge in [-0.05, 0) is 47.4 Å². The number of carboxylic acids is 1. The molecule has 0 aliphatic carbocycles. The lowest BCUT2D eigenvalue weighted by atomic mass is 10.0. The van der Waals surface area contributed by atoms with Crippen LogP contribution in [-0.4, -0.2) is 50.8 Å². The SMILES string of the molecule is CCCCc1ncc(C(=O)N[C@H](CC(=O)NC[C@H](CS)c2ccccc2)Cc2ccccc2)n1Cc1ccc(C(=O)O)cc1. The highest BCUT2D eigenvalue weighted by atomic mass is 32.1. The number of aromatic carboxylic acids is 1. The van der Waals surface area contributed by atoms with Crippen LogP contribution >= 0.6 is 12.6 Å². The van der Waals surface area contributed by atoms with Gasteiger partial charge in [0, 0.05) is 37.9 Å². The van der Waals surface area contributed by atoms with Crippen molar-refractivity contribution in [3.63, 3.8) is 0 Å². The predicted octanol–water partition coefficient (Wildman–Crippen LogP) is 5.53. The lowest BCUT2D eigenvalue weighted by Gasteiger charge is -2.21. The molecule has 0 saturated heterocycles. The molecular weight excluding hydrogens is 572 g/mol. The number of aryl methyl sites for hydroxylation is 1. The summed E-state index contributed by atoms with van der Waals surface area (Å²) in [7, 11) is 0. The summed E-state index contributed by atoms with van der Waals surface area (Å²) in [5.41, 5.74) is 3.59.